The van der Waals surface area contributed by atoms with Crippen LogP contribution >= 0.6 is 0 Å². The molecule has 2 fully saturated rings. The minimum absolute atomic E-state index is 0. The number of pyridine rings is 1. The van der Waals surface area contributed by atoms with Crippen molar-refractivity contribution in [3.8, 4) is 0 Å². The smallest absolute Gasteiger partial charge is 0.545 e. The molecular weight excluding hydrogens is 436 g/mol. The number of aromatic nitrogens is 1. The van der Waals surface area contributed by atoms with E-state index in [1.54, 1.807) is 10.6 Å². The first-order valence-electron chi connectivity index (χ1n) is 10.6. The zero-order chi connectivity index (χ0) is 21.5. The predicted octanol–water partition coefficient (Wildman–Crippen LogP) is -0.835. The number of benzene rings is 2. The summed E-state index contributed by atoms with van der Waals surface area (Å²) in [5, 5.41) is 11.5. The molecule has 0 amide bonds. The van der Waals surface area contributed by atoms with Crippen molar-refractivity contribution in [1.82, 2.24) is 9.47 Å². The van der Waals surface area contributed by atoms with Crippen molar-refractivity contribution < 1.29 is 65.7 Å². The number of anilines is 1. The van der Waals surface area contributed by atoms with E-state index in [4.69, 9.17) is 0 Å². The molecule has 0 atom stereocenters. The second kappa shape index (κ2) is 9.75. The zero-order valence-electron chi connectivity index (χ0n) is 18.1. The van der Waals surface area contributed by atoms with Crippen molar-refractivity contribution in [2.24, 2.45) is 0 Å². The molecule has 6 nitrogen and oxygen atoms in total. The van der Waals surface area contributed by atoms with Gasteiger partial charge in [0.15, 0.2) is 5.43 Å². The molecule has 0 unspecified atom stereocenters. The standard InChI is InChI=1S/C24H24FN3O3.K/c25-20-12-18-21(28(17-6-7-17)15-19(23(18)29)24(30)31)13-22(20)27-10-8-26(9-11-27)14-16-4-2-1-3-5-16;/h1-5,12-13,15,17H,6-11,14H2,(H,30,31);/q;+1/p-1. The molecule has 1 saturated carbocycles. The van der Waals surface area contributed by atoms with Gasteiger partial charge in [-0.25, -0.2) is 4.39 Å². The van der Waals surface area contributed by atoms with Gasteiger partial charge in [-0.15, -0.1) is 0 Å². The maximum atomic E-state index is 15.0. The minimum atomic E-state index is -1.53. The fourth-order valence-electron chi connectivity index (χ4n) is 4.39. The number of aromatic carboxylic acids is 1. The molecule has 0 bridgehead atoms. The molecule has 0 spiro atoms. The number of carboxylic acid groups (broad SMARTS) is 1. The first-order chi connectivity index (χ1) is 15.0. The molecule has 8 heteroatoms. The van der Waals surface area contributed by atoms with Crippen LogP contribution < -0.4 is 66.8 Å². The monoisotopic (exact) mass is 459 g/mol. The van der Waals surface area contributed by atoms with Gasteiger partial charge in [0.1, 0.15) is 5.82 Å². The number of piperazine rings is 1. The van der Waals surface area contributed by atoms with Crippen LogP contribution in [0.5, 0.6) is 0 Å². The summed E-state index contributed by atoms with van der Waals surface area (Å²) in [6.45, 7) is 3.85. The Hall–Kier alpha value is -1.55. The third-order valence-corrected chi connectivity index (χ3v) is 6.22. The Morgan fingerprint density at radius 3 is 2.38 bits per heavy atom. The number of nitrogens with zero attached hydrogens (tertiary/aromatic N) is 3. The van der Waals surface area contributed by atoms with E-state index in [0.717, 1.165) is 32.5 Å². The van der Waals surface area contributed by atoms with Gasteiger partial charge in [-0.2, -0.15) is 0 Å². The molecule has 2 aliphatic rings. The van der Waals surface area contributed by atoms with Gasteiger partial charge >= 0.3 is 51.4 Å². The van der Waals surface area contributed by atoms with Crippen LogP contribution in [0.4, 0.5) is 10.1 Å². The first-order valence-corrected chi connectivity index (χ1v) is 10.6. The predicted molar refractivity (Wildman–Crippen MR) is 115 cm³/mol. The van der Waals surface area contributed by atoms with Crippen LogP contribution in [0.15, 0.2) is 53.5 Å². The topological polar surface area (TPSA) is 68.6 Å². The van der Waals surface area contributed by atoms with Crippen LogP contribution in [-0.2, 0) is 6.54 Å². The second-order valence-corrected chi connectivity index (χ2v) is 8.37. The Morgan fingerprint density at radius 1 is 1.06 bits per heavy atom. The van der Waals surface area contributed by atoms with Gasteiger partial charge in [0.25, 0.3) is 0 Å². The van der Waals surface area contributed by atoms with E-state index in [-0.39, 0.29) is 62.8 Å². The summed E-state index contributed by atoms with van der Waals surface area (Å²) in [6.07, 6.45) is 3.18. The number of hydrogen-bond donors (Lipinski definition) is 0. The van der Waals surface area contributed by atoms with Crippen molar-refractivity contribution in [3.05, 3.63) is 75.8 Å². The zero-order valence-corrected chi connectivity index (χ0v) is 21.2. The van der Waals surface area contributed by atoms with Crippen LogP contribution in [-0.4, -0.2) is 41.6 Å². The Labute approximate surface area is 228 Å². The Bertz CT molecular complexity index is 1200. The second-order valence-electron chi connectivity index (χ2n) is 8.37. The summed E-state index contributed by atoms with van der Waals surface area (Å²) >= 11 is 0. The summed E-state index contributed by atoms with van der Waals surface area (Å²) in [4.78, 5) is 28.3. The Balaban J connectivity index is 0.00000245. The number of fused-ring (bicyclic) bond motifs is 1. The van der Waals surface area contributed by atoms with Gasteiger partial charge < -0.3 is 19.4 Å². The van der Waals surface area contributed by atoms with Crippen molar-refractivity contribution in [3.63, 3.8) is 0 Å². The molecule has 2 heterocycles. The van der Waals surface area contributed by atoms with Crippen LogP contribution in [0.25, 0.3) is 10.9 Å². The summed E-state index contributed by atoms with van der Waals surface area (Å²) in [7, 11) is 0. The average Bonchev–Trinajstić information content (AvgIpc) is 3.60. The van der Waals surface area contributed by atoms with Crippen molar-refractivity contribution in [1.29, 1.82) is 0 Å². The van der Waals surface area contributed by atoms with E-state index in [1.807, 2.05) is 23.1 Å². The van der Waals surface area contributed by atoms with Crippen molar-refractivity contribution in [2.45, 2.75) is 25.4 Å². The molecule has 1 saturated heterocycles. The molecule has 1 aromatic heterocycles. The normalized spacial score (nSPS) is 16.7. The molecule has 1 aliphatic carbocycles. The van der Waals surface area contributed by atoms with Gasteiger partial charge in [-0.05, 0) is 30.5 Å². The summed E-state index contributed by atoms with van der Waals surface area (Å²) in [5.41, 5.74) is 1.19. The van der Waals surface area contributed by atoms with Gasteiger partial charge in [-0.3, -0.25) is 9.69 Å². The van der Waals surface area contributed by atoms with Gasteiger partial charge in [0.05, 0.1) is 22.7 Å². The quantitative estimate of drug-likeness (QED) is 0.466. The summed E-state index contributed by atoms with van der Waals surface area (Å²) < 4.78 is 16.8. The third-order valence-electron chi connectivity index (χ3n) is 6.22. The van der Waals surface area contributed by atoms with Gasteiger partial charge in [0, 0.05) is 50.3 Å². The molecular formula is C24H23FKN3O3. The van der Waals surface area contributed by atoms with Crippen LogP contribution in [0.2, 0.25) is 0 Å². The number of halogens is 1. The molecule has 2 aromatic carbocycles. The molecule has 0 N–H and O–H groups in total. The molecule has 1 aliphatic heterocycles. The maximum Gasteiger partial charge on any atom is 1.00 e. The molecule has 160 valence electrons. The third kappa shape index (κ3) is 4.71. The molecule has 3 aromatic rings. The first kappa shape index (κ1) is 23.6. The fraction of sp³-hybridized carbons (Fsp3) is 0.333. The SMILES string of the molecule is O=C([O-])c1cn(C2CC2)c2cc(N3CCN(Cc4ccccc4)CC3)c(F)cc2c1=O.[K+]. The van der Waals surface area contributed by atoms with E-state index < -0.39 is 22.8 Å². The van der Waals surface area contributed by atoms with E-state index in [1.165, 1.54) is 17.8 Å². The van der Waals surface area contributed by atoms with Crippen LogP contribution in [0.3, 0.4) is 0 Å². The van der Waals surface area contributed by atoms with Crippen molar-refractivity contribution in [2.75, 3.05) is 31.1 Å². The van der Waals surface area contributed by atoms with Gasteiger partial charge in [-0.1, -0.05) is 30.3 Å². The van der Waals surface area contributed by atoms with E-state index in [2.05, 4.69) is 17.0 Å². The maximum absolute atomic E-state index is 15.0. The number of carbonyl (C=O) groups excluding carboxylic acids is 1. The summed E-state index contributed by atoms with van der Waals surface area (Å²) in [5.74, 6) is -2.03. The number of carbonyl (C=O) groups is 1. The Morgan fingerprint density at radius 2 is 1.75 bits per heavy atom. The number of carboxylic acids is 1. The minimum Gasteiger partial charge on any atom is -0.545 e. The Kier molecular flexibility index (Phi) is 7.19. The van der Waals surface area contributed by atoms with E-state index in [0.29, 0.717) is 24.3 Å². The van der Waals surface area contributed by atoms with Gasteiger partial charge in [0.2, 0.25) is 0 Å². The molecule has 32 heavy (non-hydrogen) atoms. The van der Waals surface area contributed by atoms with E-state index >= 15 is 4.39 Å². The largest absolute Gasteiger partial charge is 1.00 e. The van der Waals surface area contributed by atoms with Crippen LogP contribution in [0.1, 0.15) is 34.8 Å². The fourth-order valence-corrected chi connectivity index (χ4v) is 4.39. The number of rotatable bonds is 5. The molecule has 0 radical (unpaired) electrons. The molecule has 5 rings (SSSR count). The van der Waals surface area contributed by atoms with Crippen molar-refractivity contribution >= 4 is 22.6 Å². The van der Waals surface area contributed by atoms with Crippen LogP contribution in [0, 0.1) is 5.82 Å². The van der Waals surface area contributed by atoms with E-state index in [9.17, 15) is 14.7 Å². The number of hydrogen-bond acceptors (Lipinski definition) is 5. The summed E-state index contributed by atoms with van der Waals surface area (Å²) in [6, 6.07) is 13.3. The average molecular weight is 460 g/mol.